The Hall–Kier alpha value is -6.28. The molecule has 6 rings (SSSR count). The van der Waals surface area contributed by atoms with Gasteiger partial charge < -0.3 is 15.3 Å². The number of sulfone groups is 1. The van der Waals surface area contributed by atoms with Gasteiger partial charge in [-0.25, -0.2) is 12.6 Å². The lowest BCUT2D eigenvalue weighted by Gasteiger charge is -2.22. The Morgan fingerprint density at radius 1 is 0.643 bits per heavy atom. The summed E-state index contributed by atoms with van der Waals surface area (Å²) in [4.78, 5) is 9.18. The first kappa shape index (κ1) is 53.1. The Kier molecular flexibility index (Phi) is 15.0. The van der Waals surface area contributed by atoms with Gasteiger partial charge in [0.25, 0.3) is 40.5 Å². The molecule has 1 aromatic heterocycles. The zero-order valence-electron chi connectivity index (χ0n) is 34.6. The lowest BCUT2D eigenvalue weighted by molar-refractivity contribution is 0.284. The third kappa shape index (κ3) is 12.7. The molecule has 0 atom stereocenters. The topological polar surface area (TPSA) is 439 Å². The van der Waals surface area contributed by atoms with Gasteiger partial charge in [0.2, 0.25) is 17.2 Å². The summed E-state index contributed by atoms with van der Waals surface area (Å²) in [5.41, 5.74) is -2.51. The maximum absolute atomic E-state index is 13.0. The lowest BCUT2D eigenvalue weighted by atomic mass is 10.1. The average Bonchev–Trinajstić information content (AvgIpc) is 3.23. The number of phenols is 1. The number of phenolic OH excluding ortho intramolecular Hbond substituents is 1. The Morgan fingerprint density at radius 3 is 1.89 bits per heavy atom. The first-order valence-electron chi connectivity index (χ1n) is 18.6. The summed E-state index contributed by atoms with van der Waals surface area (Å²) in [6, 6.07) is 14.5. The van der Waals surface area contributed by atoms with Crippen LogP contribution in [-0.4, -0.2) is 112 Å². The predicted octanol–water partition coefficient (Wildman–Crippen LogP) is 5.70. The van der Waals surface area contributed by atoms with Crippen molar-refractivity contribution in [2.75, 3.05) is 29.1 Å². The van der Waals surface area contributed by atoms with Crippen molar-refractivity contribution in [3.05, 3.63) is 90.2 Å². The summed E-state index contributed by atoms with van der Waals surface area (Å²) < 4.78 is 199. The quantitative estimate of drug-likeness (QED) is 0.0401. The molecule has 28 nitrogen and oxygen atoms in total. The maximum atomic E-state index is 13.0. The number of hydrogen-bond acceptors (Lipinski definition) is 23. The van der Waals surface area contributed by atoms with Crippen molar-refractivity contribution in [2.45, 2.75) is 31.4 Å². The van der Waals surface area contributed by atoms with E-state index >= 15 is 0 Å². The summed E-state index contributed by atoms with van der Waals surface area (Å²) in [6.45, 7) is 0.679. The van der Waals surface area contributed by atoms with Gasteiger partial charge in [-0.15, -0.1) is 10.2 Å². The van der Waals surface area contributed by atoms with E-state index in [2.05, 4.69) is 44.9 Å². The van der Waals surface area contributed by atoms with Gasteiger partial charge in [-0.1, -0.05) is 6.07 Å². The van der Waals surface area contributed by atoms with Crippen molar-refractivity contribution in [1.29, 1.82) is 0 Å². The van der Waals surface area contributed by atoms with Crippen LogP contribution in [0.5, 0.6) is 5.75 Å². The smallest absolute Gasteiger partial charge is 0.397 e. The van der Waals surface area contributed by atoms with Gasteiger partial charge in [-0.05, 0) is 97.4 Å². The van der Waals surface area contributed by atoms with Crippen LogP contribution >= 0.6 is 11.6 Å². The molecular formula is C35H30ClN9O19S6. The van der Waals surface area contributed by atoms with Crippen molar-refractivity contribution in [1.82, 2.24) is 15.0 Å². The number of nitrogens with one attached hydrogen (secondary N) is 1. The molecule has 0 saturated heterocycles. The third-order valence-corrected chi connectivity index (χ3v) is 15.0. The number of aromatic hydroxyl groups is 1. The molecule has 0 fully saturated rings. The Balaban J connectivity index is 1.38. The van der Waals surface area contributed by atoms with Gasteiger partial charge >= 0.3 is 10.4 Å². The minimum atomic E-state index is -5.54. The Labute approximate surface area is 401 Å². The fourth-order valence-corrected chi connectivity index (χ4v) is 10.4. The van der Waals surface area contributed by atoms with Crippen molar-refractivity contribution < 1.29 is 82.6 Å². The van der Waals surface area contributed by atoms with Crippen molar-refractivity contribution in [3.63, 3.8) is 0 Å². The largest absolute Gasteiger partial charge is 0.505 e. The fourth-order valence-electron chi connectivity index (χ4n) is 6.11. The summed E-state index contributed by atoms with van der Waals surface area (Å²) >= 11 is 6.21. The van der Waals surface area contributed by atoms with Crippen LogP contribution in [0.3, 0.4) is 0 Å². The molecule has 5 aromatic carbocycles. The average molecular weight is 1110 g/mol. The molecule has 0 amide bonds. The second kappa shape index (κ2) is 19.8. The molecule has 0 radical (unpaired) electrons. The predicted molar refractivity (Wildman–Crippen MR) is 243 cm³/mol. The van der Waals surface area contributed by atoms with E-state index in [1.54, 1.807) is 6.92 Å². The minimum Gasteiger partial charge on any atom is -0.505 e. The molecule has 7 N–H and O–H groups in total. The molecule has 70 heavy (non-hydrogen) atoms. The number of azo groups is 2. The van der Waals surface area contributed by atoms with Gasteiger partial charge in [-0.3, -0.25) is 22.8 Å². The summed E-state index contributed by atoms with van der Waals surface area (Å²) in [5, 5.41) is 26.8. The molecule has 0 aliphatic rings. The molecular weight excluding hydrogens is 1080 g/mol. The molecule has 0 unspecified atom stereocenters. The van der Waals surface area contributed by atoms with Crippen LogP contribution in [0.2, 0.25) is 5.28 Å². The van der Waals surface area contributed by atoms with Crippen LogP contribution in [-0.2, 0) is 64.9 Å². The lowest BCUT2D eigenvalue weighted by Crippen LogP contribution is -2.21. The molecule has 1 heterocycles. The number of hydrogen-bond donors (Lipinski definition) is 7. The number of fused-ring (bicyclic) bond motifs is 1. The Morgan fingerprint density at radius 2 is 1.29 bits per heavy atom. The number of rotatable bonds is 18. The van der Waals surface area contributed by atoms with E-state index in [9.17, 15) is 69.3 Å². The van der Waals surface area contributed by atoms with Gasteiger partial charge in [-0.2, -0.15) is 67.3 Å². The highest BCUT2D eigenvalue weighted by Gasteiger charge is 2.29. The van der Waals surface area contributed by atoms with E-state index in [0.717, 1.165) is 60.7 Å². The minimum absolute atomic E-state index is 0.00832. The van der Waals surface area contributed by atoms with Crippen LogP contribution < -0.4 is 10.2 Å². The van der Waals surface area contributed by atoms with Crippen LogP contribution in [0.15, 0.2) is 130 Å². The van der Waals surface area contributed by atoms with Crippen LogP contribution in [0.25, 0.3) is 10.8 Å². The second-order valence-corrected chi connectivity index (χ2v) is 22.8. The standard InChI is InChI=1S/C35H30ClN9O19S6/c1-2-45(21-4-3-5-23(17-21)65(47,48)15-14-64-70(61,62)63)35-39-33(36)38-34(40-35)37-27-13-11-24-25(32(27)69(58,59)60)18-29(68(55,56)57)30(31(24)46)44-43-26-12-8-20(16-28(26)67(52,53)54)42-41-19-6-9-22(10-7-19)66(49,50)51/h3-13,16-18,46H,2,14-15H2,1H3,(H,49,50,51)(H,52,53,54)(H,55,56,57)(H,58,59,60)(H,61,62,63)(H,37,38,39,40). The molecule has 372 valence electrons. The number of anilines is 4. The van der Waals surface area contributed by atoms with Crippen molar-refractivity contribution in [3.8, 4) is 5.75 Å². The van der Waals surface area contributed by atoms with E-state index in [1.165, 1.54) is 23.1 Å². The first-order valence-corrected chi connectivity index (χ1v) is 27.7. The fraction of sp³-hybridized carbons (Fsp3) is 0.114. The highest BCUT2D eigenvalue weighted by molar-refractivity contribution is 7.91. The van der Waals surface area contributed by atoms with Crippen molar-refractivity contribution >= 4 is 129 Å². The zero-order valence-corrected chi connectivity index (χ0v) is 40.3. The van der Waals surface area contributed by atoms with Crippen molar-refractivity contribution in [2.24, 2.45) is 20.5 Å². The van der Waals surface area contributed by atoms with E-state index in [0.29, 0.717) is 6.07 Å². The Bertz CT molecular complexity index is 3850. The summed E-state index contributed by atoms with van der Waals surface area (Å²) in [5.74, 6) is -2.89. The number of nitrogens with zero attached hydrogens (tertiary/aromatic N) is 8. The molecule has 0 bridgehead atoms. The number of aromatic nitrogens is 3. The first-order chi connectivity index (χ1) is 32.4. The normalized spacial score (nSPS) is 13.1. The molecule has 0 saturated carbocycles. The molecule has 35 heteroatoms. The zero-order chi connectivity index (χ0) is 51.8. The summed E-state index contributed by atoms with van der Waals surface area (Å²) in [7, 11) is -29.9. The van der Waals surface area contributed by atoms with Gasteiger partial charge in [0, 0.05) is 23.0 Å². The van der Waals surface area contributed by atoms with Gasteiger partial charge in [0.05, 0.1) is 39.2 Å². The van der Waals surface area contributed by atoms with E-state index in [4.69, 9.17) is 20.7 Å². The molecule has 6 aromatic rings. The number of halogens is 1. The van der Waals surface area contributed by atoms with E-state index in [-0.39, 0.29) is 34.5 Å². The van der Waals surface area contributed by atoms with E-state index in [1.807, 2.05) is 0 Å². The van der Waals surface area contributed by atoms with Crippen LogP contribution in [0, 0.1) is 0 Å². The maximum Gasteiger partial charge on any atom is 0.397 e. The monoisotopic (exact) mass is 1110 g/mol. The van der Waals surface area contributed by atoms with Crippen LogP contribution in [0.1, 0.15) is 6.92 Å². The highest BCUT2D eigenvalue weighted by Crippen LogP contribution is 2.45. The van der Waals surface area contributed by atoms with Gasteiger partial charge in [0.1, 0.15) is 26.1 Å². The molecule has 0 aliphatic carbocycles. The molecule has 0 spiro atoms. The highest BCUT2D eigenvalue weighted by atomic mass is 35.5. The van der Waals surface area contributed by atoms with Crippen LogP contribution in [0.4, 0.5) is 46.0 Å². The molecule has 0 aliphatic heterocycles. The number of benzene rings is 5. The van der Waals surface area contributed by atoms with E-state index < -0.39 is 137 Å². The SMILES string of the molecule is CCN(c1cccc(S(=O)(=O)CCOS(=O)(=O)O)c1)c1nc(Cl)nc(Nc2ccc3c(O)c(N=Nc4ccc(N=Nc5ccc(S(=O)(=O)O)cc5)cc4S(=O)(=O)O)c(S(=O)(=O)O)cc3c2S(=O)(=O)O)n1. The summed E-state index contributed by atoms with van der Waals surface area (Å²) in [6.07, 6.45) is 0. The second-order valence-electron chi connectivity index (χ2n) is 13.7. The third-order valence-electron chi connectivity index (χ3n) is 9.09. The van der Waals surface area contributed by atoms with Gasteiger partial charge in [0.15, 0.2) is 15.6 Å².